The van der Waals surface area contributed by atoms with E-state index in [1.165, 1.54) is 18.2 Å². The lowest BCUT2D eigenvalue weighted by atomic mass is 10.0. The molecule has 3 aromatic rings. The van der Waals surface area contributed by atoms with Crippen LogP contribution in [0.4, 0.5) is 4.39 Å². The van der Waals surface area contributed by atoms with Crippen LogP contribution in [-0.4, -0.2) is 12.6 Å². The summed E-state index contributed by atoms with van der Waals surface area (Å²) in [5, 5.41) is 0.785. The van der Waals surface area contributed by atoms with Gasteiger partial charge in [0.05, 0.1) is 6.61 Å². The molecule has 0 N–H and O–H groups in total. The van der Waals surface area contributed by atoms with Gasteiger partial charge >= 0.3 is 11.6 Å². The Morgan fingerprint density at radius 2 is 1.89 bits per heavy atom. The average Bonchev–Trinajstić information content (AvgIpc) is 2.66. The third-order valence-electron chi connectivity index (χ3n) is 4.34. The molecule has 6 heteroatoms. The molecule has 0 aliphatic carbocycles. The normalized spacial score (nSPS) is 10.8. The molecule has 1 aromatic heterocycles. The molecule has 0 saturated carbocycles. The van der Waals surface area contributed by atoms with Crippen molar-refractivity contribution in [2.24, 2.45) is 0 Å². The first-order valence-corrected chi connectivity index (χ1v) is 9.06. The van der Waals surface area contributed by atoms with Gasteiger partial charge in [-0.25, -0.2) is 9.18 Å². The van der Waals surface area contributed by atoms with Gasteiger partial charge in [0.25, 0.3) is 0 Å². The van der Waals surface area contributed by atoms with Crippen LogP contribution in [0.5, 0.6) is 5.75 Å². The lowest BCUT2D eigenvalue weighted by Gasteiger charge is -2.13. The number of hydrogen-bond acceptors (Lipinski definition) is 5. The Bertz CT molecular complexity index is 1040. The first-order chi connectivity index (χ1) is 13.5. The van der Waals surface area contributed by atoms with Gasteiger partial charge in [-0.3, -0.25) is 4.79 Å². The van der Waals surface area contributed by atoms with Crippen LogP contribution in [0.3, 0.4) is 0 Å². The van der Waals surface area contributed by atoms with Gasteiger partial charge in [-0.1, -0.05) is 12.1 Å². The highest BCUT2D eigenvalue weighted by atomic mass is 19.1. The number of halogens is 1. The van der Waals surface area contributed by atoms with Crippen molar-refractivity contribution in [3.63, 3.8) is 0 Å². The molecule has 1 heterocycles. The molecule has 5 nitrogen and oxygen atoms in total. The second-order valence-electron chi connectivity index (χ2n) is 6.42. The van der Waals surface area contributed by atoms with E-state index in [4.69, 9.17) is 13.9 Å². The topological polar surface area (TPSA) is 65.7 Å². The van der Waals surface area contributed by atoms with E-state index in [-0.39, 0.29) is 24.8 Å². The average molecular weight is 384 g/mol. The highest BCUT2D eigenvalue weighted by Crippen LogP contribution is 2.29. The summed E-state index contributed by atoms with van der Waals surface area (Å²) in [6.45, 7) is 4.13. The predicted octanol–water partition coefficient (Wildman–Crippen LogP) is 4.32. The summed E-state index contributed by atoms with van der Waals surface area (Å²) >= 11 is 0. The number of aryl methyl sites for hydroxylation is 2. The summed E-state index contributed by atoms with van der Waals surface area (Å²) in [5.41, 5.74) is 2.37. The van der Waals surface area contributed by atoms with Crippen molar-refractivity contribution in [3.8, 4) is 5.75 Å². The van der Waals surface area contributed by atoms with Gasteiger partial charge in [0.1, 0.15) is 23.8 Å². The monoisotopic (exact) mass is 384 g/mol. The number of rotatable bonds is 7. The molecule has 0 radical (unpaired) electrons. The van der Waals surface area contributed by atoms with E-state index in [1.54, 1.807) is 25.1 Å². The van der Waals surface area contributed by atoms with Gasteiger partial charge in [0.15, 0.2) is 0 Å². The fraction of sp³-hybridized carbons (Fsp3) is 0.273. The Morgan fingerprint density at radius 3 is 2.61 bits per heavy atom. The molecule has 146 valence electrons. The minimum absolute atomic E-state index is 0.210. The highest BCUT2D eigenvalue weighted by molar-refractivity contribution is 5.83. The SMILES string of the molecule is CCOC(=O)CCc1cc2c(C)cc(=O)oc2cc1OCc1ccc(F)cc1. The predicted molar refractivity (Wildman–Crippen MR) is 103 cm³/mol. The molecule has 0 atom stereocenters. The Hall–Kier alpha value is -3.15. The van der Waals surface area contributed by atoms with Crippen molar-refractivity contribution >= 4 is 16.9 Å². The van der Waals surface area contributed by atoms with Gasteiger partial charge < -0.3 is 13.9 Å². The summed E-state index contributed by atoms with van der Waals surface area (Å²) in [5.74, 6) is -0.0971. The van der Waals surface area contributed by atoms with Crippen molar-refractivity contribution in [3.05, 3.63) is 75.4 Å². The molecule has 0 bridgehead atoms. The number of ether oxygens (including phenoxy) is 2. The van der Waals surface area contributed by atoms with Crippen LogP contribution in [0.2, 0.25) is 0 Å². The van der Waals surface area contributed by atoms with E-state index < -0.39 is 5.63 Å². The van der Waals surface area contributed by atoms with Gasteiger partial charge in [0, 0.05) is 23.9 Å². The molecular weight excluding hydrogens is 363 g/mol. The van der Waals surface area contributed by atoms with Crippen molar-refractivity contribution in [1.82, 2.24) is 0 Å². The third-order valence-corrected chi connectivity index (χ3v) is 4.34. The van der Waals surface area contributed by atoms with Crippen LogP contribution in [0.1, 0.15) is 30.0 Å². The Balaban J connectivity index is 1.91. The zero-order valence-electron chi connectivity index (χ0n) is 15.8. The second-order valence-corrected chi connectivity index (χ2v) is 6.42. The van der Waals surface area contributed by atoms with E-state index in [9.17, 15) is 14.0 Å². The van der Waals surface area contributed by atoms with Gasteiger partial charge in [-0.05, 0) is 55.2 Å². The van der Waals surface area contributed by atoms with Crippen LogP contribution in [0, 0.1) is 12.7 Å². The lowest BCUT2D eigenvalue weighted by molar-refractivity contribution is -0.143. The van der Waals surface area contributed by atoms with E-state index >= 15 is 0 Å². The first-order valence-electron chi connectivity index (χ1n) is 9.06. The molecule has 0 fully saturated rings. The fourth-order valence-electron chi connectivity index (χ4n) is 2.93. The Kier molecular flexibility index (Phi) is 6.09. The molecule has 0 aliphatic rings. The first kappa shape index (κ1) is 19.6. The lowest BCUT2D eigenvalue weighted by Crippen LogP contribution is -2.07. The highest BCUT2D eigenvalue weighted by Gasteiger charge is 2.13. The summed E-state index contributed by atoms with van der Waals surface area (Å²) in [6, 6.07) is 11.0. The fourth-order valence-corrected chi connectivity index (χ4v) is 2.93. The second kappa shape index (κ2) is 8.69. The standard InChI is InChI=1S/C22H21FO5/c1-3-26-21(24)9-6-16-11-18-14(2)10-22(25)28-20(18)12-19(16)27-13-15-4-7-17(23)8-5-15/h4-5,7-8,10-12H,3,6,9,13H2,1-2H3. The summed E-state index contributed by atoms with van der Waals surface area (Å²) in [4.78, 5) is 23.5. The molecule has 0 unspecified atom stereocenters. The van der Waals surface area contributed by atoms with Crippen LogP contribution < -0.4 is 10.4 Å². The van der Waals surface area contributed by atoms with Crippen LogP contribution in [-0.2, 0) is 22.6 Å². The largest absolute Gasteiger partial charge is 0.488 e. The van der Waals surface area contributed by atoms with E-state index in [0.29, 0.717) is 24.4 Å². The van der Waals surface area contributed by atoms with Gasteiger partial charge in [-0.2, -0.15) is 0 Å². The minimum atomic E-state index is -0.436. The van der Waals surface area contributed by atoms with Gasteiger partial charge in [-0.15, -0.1) is 0 Å². The van der Waals surface area contributed by atoms with Crippen molar-refractivity contribution in [2.75, 3.05) is 6.61 Å². The summed E-state index contributed by atoms with van der Waals surface area (Å²) < 4.78 is 29.3. The summed E-state index contributed by atoms with van der Waals surface area (Å²) in [6.07, 6.45) is 0.633. The molecular formula is C22H21FO5. The van der Waals surface area contributed by atoms with Crippen LogP contribution in [0.25, 0.3) is 11.0 Å². The van der Waals surface area contributed by atoms with E-state index in [0.717, 1.165) is 22.1 Å². The number of benzene rings is 2. The molecule has 0 spiro atoms. The molecule has 0 amide bonds. The minimum Gasteiger partial charge on any atom is -0.488 e. The quantitative estimate of drug-likeness (QED) is 0.448. The maximum absolute atomic E-state index is 13.1. The maximum Gasteiger partial charge on any atom is 0.336 e. The maximum atomic E-state index is 13.1. The molecule has 3 rings (SSSR count). The molecule has 2 aromatic carbocycles. The Labute approximate surface area is 161 Å². The number of fused-ring (bicyclic) bond motifs is 1. The molecule has 28 heavy (non-hydrogen) atoms. The zero-order chi connectivity index (χ0) is 20.1. The summed E-state index contributed by atoms with van der Waals surface area (Å²) in [7, 11) is 0. The molecule has 0 saturated heterocycles. The number of carbonyl (C=O) groups is 1. The smallest absolute Gasteiger partial charge is 0.336 e. The molecule has 0 aliphatic heterocycles. The van der Waals surface area contributed by atoms with Crippen LogP contribution >= 0.6 is 0 Å². The number of esters is 1. The van der Waals surface area contributed by atoms with Gasteiger partial charge in [0.2, 0.25) is 0 Å². The van der Waals surface area contributed by atoms with Crippen molar-refractivity contribution in [1.29, 1.82) is 0 Å². The van der Waals surface area contributed by atoms with Crippen molar-refractivity contribution in [2.45, 2.75) is 33.3 Å². The number of hydrogen-bond donors (Lipinski definition) is 0. The van der Waals surface area contributed by atoms with E-state index in [1.807, 2.05) is 13.0 Å². The van der Waals surface area contributed by atoms with E-state index in [2.05, 4.69) is 0 Å². The van der Waals surface area contributed by atoms with Crippen molar-refractivity contribution < 1.29 is 23.1 Å². The Morgan fingerprint density at radius 1 is 1.14 bits per heavy atom. The zero-order valence-corrected chi connectivity index (χ0v) is 15.8. The third kappa shape index (κ3) is 4.76. The van der Waals surface area contributed by atoms with Crippen LogP contribution in [0.15, 0.2) is 51.7 Å². The number of carbonyl (C=O) groups excluding carboxylic acids is 1.